The Morgan fingerprint density at radius 3 is 2.47 bits per heavy atom. The third-order valence-corrected chi connectivity index (χ3v) is 3.73. The Balaban J connectivity index is 2.74. The highest BCUT2D eigenvalue weighted by atomic mass is 35.5. The van der Waals surface area contributed by atoms with Crippen molar-refractivity contribution in [2.75, 3.05) is 5.32 Å². The zero-order chi connectivity index (χ0) is 14.6. The number of benzene rings is 1. The lowest BCUT2D eigenvalue weighted by Gasteiger charge is -2.19. The number of carbonyl (C=O) groups excluding carboxylic acids is 1. The van der Waals surface area contributed by atoms with Gasteiger partial charge in [-0.1, -0.05) is 30.1 Å². The molecule has 0 aliphatic heterocycles. The molecule has 1 rings (SSSR count). The maximum Gasteiger partial charge on any atom is 0.242 e. The fourth-order valence-corrected chi connectivity index (χ4v) is 1.96. The van der Waals surface area contributed by atoms with E-state index in [-0.39, 0.29) is 18.0 Å². The number of hydrogen-bond donors (Lipinski definition) is 2. The highest BCUT2D eigenvalue weighted by molar-refractivity contribution is 6.35. The average molecular weight is 303 g/mol. The molecule has 2 unspecified atom stereocenters. The molecule has 1 aromatic carbocycles. The lowest BCUT2D eigenvalue weighted by atomic mass is 10.2. The molecule has 3 nitrogen and oxygen atoms in total. The Morgan fingerprint density at radius 2 is 1.89 bits per heavy atom. The third kappa shape index (κ3) is 4.59. The summed E-state index contributed by atoms with van der Waals surface area (Å²) in [6.07, 6.45) is 0.898. The minimum Gasteiger partial charge on any atom is -0.373 e. The van der Waals surface area contributed by atoms with E-state index in [2.05, 4.69) is 10.6 Å². The molecule has 0 aliphatic carbocycles. The fourth-order valence-electron chi connectivity index (χ4n) is 1.53. The summed E-state index contributed by atoms with van der Waals surface area (Å²) < 4.78 is 0. The quantitative estimate of drug-likeness (QED) is 0.862. The summed E-state index contributed by atoms with van der Waals surface area (Å²) in [5.41, 5.74) is 1.58. The Hall–Kier alpha value is -0.930. The van der Waals surface area contributed by atoms with Crippen molar-refractivity contribution in [2.24, 2.45) is 0 Å². The van der Waals surface area contributed by atoms with Gasteiger partial charge in [0.05, 0.1) is 10.7 Å². The zero-order valence-corrected chi connectivity index (χ0v) is 13.2. The highest BCUT2D eigenvalue weighted by Crippen LogP contribution is 2.29. The molecule has 2 atom stereocenters. The normalized spacial score (nSPS) is 13.8. The molecule has 1 amide bonds. The van der Waals surface area contributed by atoms with Crippen molar-refractivity contribution in [1.82, 2.24) is 5.32 Å². The van der Waals surface area contributed by atoms with Gasteiger partial charge in [0.1, 0.15) is 6.04 Å². The first-order valence-corrected chi connectivity index (χ1v) is 7.13. The lowest BCUT2D eigenvalue weighted by molar-refractivity contribution is -0.122. The number of nitrogens with one attached hydrogen (secondary N) is 2. The van der Waals surface area contributed by atoms with Crippen LogP contribution in [0.15, 0.2) is 12.1 Å². The van der Waals surface area contributed by atoms with Gasteiger partial charge in [0, 0.05) is 11.1 Å². The molecular formula is C14H20Cl2N2O. The number of amides is 1. The molecule has 0 heterocycles. The van der Waals surface area contributed by atoms with Crippen LogP contribution in [-0.4, -0.2) is 18.0 Å². The number of carbonyl (C=O) groups is 1. The second-order valence-corrected chi connectivity index (χ2v) is 5.58. The van der Waals surface area contributed by atoms with Gasteiger partial charge >= 0.3 is 0 Å². The number of halogens is 2. The molecule has 19 heavy (non-hydrogen) atoms. The van der Waals surface area contributed by atoms with Crippen molar-refractivity contribution in [1.29, 1.82) is 0 Å². The van der Waals surface area contributed by atoms with Crippen molar-refractivity contribution >= 4 is 34.8 Å². The van der Waals surface area contributed by atoms with Gasteiger partial charge in [-0.3, -0.25) is 4.79 Å². The summed E-state index contributed by atoms with van der Waals surface area (Å²) in [5, 5.41) is 7.18. The topological polar surface area (TPSA) is 41.1 Å². The van der Waals surface area contributed by atoms with Crippen LogP contribution in [0.4, 0.5) is 5.69 Å². The summed E-state index contributed by atoms with van der Waals surface area (Å²) in [6.45, 7) is 7.68. The van der Waals surface area contributed by atoms with Crippen LogP contribution in [-0.2, 0) is 4.79 Å². The highest BCUT2D eigenvalue weighted by Gasteiger charge is 2.16. The van der Waals surface area contributed by atoms with Gasteiger partial charge in [-0.05, 0) is 44.9 Å². The van der Waals surface area contributed by atoms with E-state index in [0.29, 0.717) is 15.7 Å². The van der Waals surface area contributed by atoms with Gasteiger partial charge in [-0.15, -0.1) is 0 Å². The third-order valence-electron chi connectivity index (χ3n) is 3.01. The molecule has 1 aromatic rings. The van der Waals surface area contributed by atoms with Gasteiger partial charge in [-0.25, -0.2) is 0 Å². The maximum absolute atomic E-state index is 11.9. The maximum atomic E-state index is 11.9. The number of rotatable bonds is 5. The van der Waals surface area contributed by atoms with Gasteiger partial charge in [0.25, 0.3) is 0 Å². The first kappa shape index (κ1) is 16.1. The molecule has 106 valence electrons. The minimum atomic E-state index is -0.370. The Kier molecular flexibility index (Phi) is 5.95. The molecule has 2 N–H and O–H groups in total. The van der Waals surface area contributed by atoms with E-state index in [1.54, 1.807) is 19.1 Å². The molecular weight excluding hydrogens is 283 g/mol. The molecule has 5 heteroatoms. The average Bonchev–Trinajstić information content (AvgIpc) is 2.35. The number of aryl methyl sites for hydroxylation is 1. The molecule has 0 aliphatic rings. The van der Waals surface area contributed by atoms with Crippen molar-refractivity contribution in [2.45, 2.75) is 46.2 Å². The van der Waals surface area contributed by atoms with Crippen LogP contribution in [0.1, 0.15) is 32.8 Å². The van der Waals surface area contributed by atoms with Crippen LogP contribution in [0.25, 0.3) is 0 Å². The predicted octanol–water partition coefficient (Wildman–Crippen LogP) is 4.02. The monoisotopic (exact) mass is 302 g/mol. The van der Waals surface area contributed by atoms with E-state index >= 15 is 0 Å². The van der Waals surface area contributed by atoms with Gasteiger partial charge in [0.2, 0.25) is 5.91 Å². The standard InChI is InChI=1S/C14H20Cl2N2O/c1-5-9(3)17-14(19)10(4)18-13-7-11(15)8(2)6-12(13)16/h6-7,9-10,18H,5H2,1-4H3,(H,17,19). The SMILES string of the molecule is CCC(C)NC(=O)C(C)Nc1cc(Cl)c(C)cc1Cl. The summed E-state index contributed by atoms with van der Waals surface area (Å²) in [4.78, 5) is 11.9. The van der Waals surface area contributed by atoms with Crippen LogP contribution < -0.4 is 10.6 Å². The fraction of sp³-hybridized carbons (Fsp3) is 0.500. The van der Waals surface area contributed by atoms with E-state index in [1.807, 2.05) is 20.8 Å². The number of hydrogen-bond acceptors (Lipinski definition) is 2. The van der Waals surface area contributed by atoms with Crippen molar-refractivity contribution in [3.05, 3.63) is 27.7 Å². The summed E-state index contributed by atoms with van der Waals surface area (Å²) in [6, 6.07) is 3.32. The second kappa shape index (κ2) is 7.01. The van der Waals surface area contributed by atoms with Crippen LogP contribution in [0, 0.1) is 6.92 Å². The van der Waals surface area contributed by atoms with E-state index in [0.717, 1.165) is 12.0 Å². The van der Waals surface area contributed by atoms with Crippen molar-refractivity contribution in [3.8, 4) is 0 Å². The molecule has 0 saturated carbocycles. The Labute approximate surface area is 124 Å². The molecule has 0 aromatic heterocycles. The molecule has 0 saturated heterocycles. The first-order chi connectivity index (χ1) is 8.85. The van der Waals surface area contributed by atoms with E-state index in [9.17, 15) is 4.79 Å². The van der Waals surface area contributed by atoms with Crippen LogP contribution >= 0.6 is 23.2 Å². The molecule has 0 spiro atoms. The first-order valence-electron chi connectivity index (χ1n) is 6.37. The smallest absolute Gasteiger partial charge is 0.242 e. The molecule has 0 radical (unpaired) electrons. The van der Waals surface area contributed by atoms with Gasteiger partial charge in [0.15, 0.2) is 0 Å². The minimum absolute atomic E-state index is 0.0536. The summed E-state index contributed by atoms with van der Waals surface area (Å²) in [5.74, 6) is -0.0536. The van der Waals surface area contributed by atoms with Gasteiger partial charge in [-0.2, -0.15) is 0 Å². The zero-order valence-electron chi connectivity index (χ0n) is 11.7. The van der Waals surface area contributed by atoms with E-state index in [4.69, 9.17) is 23.2 Å². The second-order valence-electron chi connectivity index (χ2n) is 4.77. The van der Waals surface area contributed by atoms with Crippen LogP contribution in [0.3, 0.4) is 0 Å². The largest absolute Gasteiger partial charge is 0.373 e. The molecule has 0 fully saturated rings. The van der Waals surface area contributed by atoms with E-state index in [1.165, 1.54) is 0 Å². The van der Waals surface area contributed by atoms with Crippen LogP contribution in [0.5, 0.6) is 0 Å². The Bertz CT molecular complexity index is 463. The predicted molar refractivity (Wildman–Crippen MR) is 82.2 cm³/mol. The Morgan fingerprint density at radius 1 is 1.26 bits per heavy atom. The number of anilines is 1. The van der Waals surface area contributed by atoms with Crippen LogP contribution in [0.2, 0.25) is 10.0 Å². The van der Waals surface area contributed by atoms with E-state index < -0.39 is 0 Å². The summed E-state index contributed by atoms with van der Waals surface area (Å²) >= 11 is 12.2. The summed E-state index contributed by atoms with van der Waals surface area (Å²) in [7, 11) is 0. The molecule has 0 bridgehead atoms. The van der Waals surface area contributed by atoms with Gasteiger partial charge < -0.3 is 10.6 Å². The van der Waals surface area contributed by atoms with Crippen molar-refractivity contribution in [3.63, 3.8) is 0 Å². The van der Waals surface area contributed by atoms with Crippen molar-refractivity contribution < 1.29 is 4.79 Å². The lowest BCUT2D eigenvalue weighted by Crippen LogP contribution is -2.41.